The topological polar surface area (TPSA) is 73.9 Å². The highest BCUT2D eigenvalue weighted by atomic mass is 16.7. The predicted molar refractivity (Wildman–Crippen MR) is 107 cm³/mol. The maximum atomic E-state index is 12.2. The van der Waals surface area contributed by atoms with Gasteiger partial charge >= 0.3 is 5.97 Å². The lowest BCUT2D eigenvalue weighted by atomic mass is 9.86. The Balaban J connectivity index is 1.10. The van der Waals surface area contributed by atoms with Crippen molar-refractivity contribution in [3.8, 4) is 11.5 Å². The molecule has 0 saturated heterocycles. The van der Waals surface area contributed by atoms with E-state index in [9.17, 15) is 9.59 Å². The number of nitrogens with one attached hydrogen (secondary N) is 1. The van der Waals surface area contributed by atoms with E-state index in [1.54, 1.807) is 12.1 Å². The molecule has 1 aromatic carbocycles. The van der Waals surface area contributed by atoms with Crippen LogP contribution in [0.5, 0.6) is 11.5 Å². The van der Waals surface area contributed by atoms with E-state index in [0.29, 0.717) is 29.7 Å². The van der Waals surface area contributed by atoms with Crippen LogP contribution in [0.15, 0.2) is 18.2 Å². The van der Waals surface area contributed by atoms with Crippen LogP contribution in [0.2, 0.25) is 0 Å². The van der Waals surface area contributed by atoms with Crippen LogP contribution >= 0.6 is 0 Å². The number of fused-ring (bicyclic) bond motifs is 3. The molecule has 3 fully saturated rings. The Morgan fingerprint density at radius 3 is 2.66 bits per heavy atom. The van der Waals surface area contributed by atoms with Crippen molar-refractivity contribution in [2.24, 2.45) is 17.8 Å². The van der Waals surface area contributed by atoms with E-state index in [1.807, 2.05) is 6.07 Å². The van der Waals surface area contributed by atoms with Crippen molar-refractivity contribution in [3.05, 3.63) is 18.2 Å². The minimum atomic E-state index is -0.529. The molecule has 3 aliphatic carbocycles. The highest BCUT2D eigenvalue weighted by Gasteiger charge is 2.42. The number of anilines is 1. The van der Waals surface area contributed by atoms with Gasteiger partial charge in [-0.3, -0.25) is 9.59 Å². The van der Waals surface area contributed by atoms with E-state index in [1.165, 1.54) is 25.7 Å². The van der Waals surface area contributed by atoms with Crippen molar-refractivity contribution in [2.75, 3.05) is 11.9 Å². The lowest BCUT2D eigenvalue weighted by molar-refractivity contribution is -0.148. The summed E-state index contributed by atoms with van der Waals surface area (Å²) in [6.45, 7) is -0.252. The number of hydrogen-bond acceptors (Lipinski definition) is 5. The molecule has 156 valence electrons. The fourth-order valence-electron chi connectivity index (χ4n) is 5.71. The molecule has 6 nitrogen and oxygen atoms in total. The average molecular weight is 399 g/mol. The van der Waals surface area contributed by atoms with Gasteiger partial charge in [-0.05, 0) is 62.0 Å². The molecule has 0 unspecified atom stereocenters. The minimum Gasteiger partial charge on any atom is -0.456 e. The molecule has 0 radical (unpaired) electrons. The molecule has 1 spiro atoms. The summed E-state index contributed by atoms with van der Waals surface area (Å²) >= 11 is 0. The molecular weight excluding hydrogens is 370 g/mol. The highest BCUT2D eigenvalue weighted by Crippen LogP contribution is 2.49. The van der Waals surface area contributed by atoms with E-state index in [2.05, 4.69) is 5.32 Å². The van der Waals surface area contributed by atoms with Crippen molar-refractivity contribution >= 4 is 17.6 Å². The first-order valence-electron chi connectivity index (χ1n) is 11.1. The zero-order valence-electron chi connectivity index (χ0n) is 16.8. The average Bonchev–Trinajstić information content (AvgIpc) is 3.40. The maximum Gasteiger partial charge on any atom is 0.306 e. The van der Waals surface area contributed by atoms with Crippen molar-refractivity contribution in [1.29, 1.82) is 0 Å². The molecule has 1 N–H and O–H groups in total. The number of benzene rings is 1. The third-order valence-corrected chi connectivity index (χ3v) is 7.11. The Hall–Kier alpha value is -2.24. The van der Waals surface area contributed by atoms with Crippen molar-refractivity contribution in [1.82, 2.24) is 0 Å². The van der Waals surface area contributed by atoms with Crippen LogP contribution < -0.4 is 14.8 Å². The predicted octanol–water partition coefficient (Wildman–Crippen LogP) is 4.43. The summed E-state index contributed by atoms with van der Waals surface area (Å²) in [7, 11) is 0. The van der Waals surface area contributed by atoms with Gasteiger partial charge in [0, 0.05) is 31.0 Å². The zero-order valence-corrected chi connectivity index (χ0v) is 16.8. The van der Waals surface area contributed by atoms with Gasteiger partial charge in [0.15, 0.2) is 18.1 Å². The molecule has 5 rings (SSSR count). The molecule has 3 saturated carbocycles. The first-order chi connectivity index (χ1) is 14.1. The van der Waals surface area contributed by atoms with Gasteiger partial charge in [-0.15, -0.1) is 0 Å². The van der Waals surface area contributed by atoms with E-state index < -0.39 is 5.79 Å². The standard InChI is InChI=1S/C23H29NO5/c25-21(14-27-22(26)12-17-11-15-4-5-16(17)10-15)24-18-6-7-19-20(13-18)29-23(28-19)8-2-1-3-9-23/h6-7,13,15-17H,1-5,8-12,14H2,(H,24,25)/t15-,16+,17+/m0/s1. The summed E-state index contributed by atoms with van der Waals surface area (Å²) in [5.41, 5.74) is 0.620. The number of ether oxygens (including phenoxy) is 3. The van der Waals surface area contributed by atoms with Gasteiger partial charge in [-0.2, -0.15) is 0 Å². The van der Waals surface area contributed by atoms with E-state index in [-0.39, 0.29) is 18.5 Å². The number of carbonyl (C=O) groups is 2. The molecule has 6 heteroatoms. The maximum absolute atomic E-state index is 12.2. The normalized spacial score (nSPS) is 28.5. The van der Waals surface area contributed by atoms with Gasteiger partial charge in [0.25, 0.3) is 11.7 Å². The van der Waals surface area contributed by atoms with Gasteiger partial charge in [0.2, 0.25) is 0 Å². The molecule has 2 bridgehead atoms. The van der Waals surface area contributed by atoms with Crippen LogP contribution in [0.3, 0.4) is 0 Å². The van der Waals surface area contributed by atoms with Gasteiger partial charge < -0.3 is 19.5 Å². The molecule has 1 aromatic rings. The summed E-state index contributed by atoms with van der Waals surface area (Å²) < 4.78 is 17.4. The van der Waals surface area contributed by atoms with Gasteiger partial charge in [-0.1, -0.05) is 12.8 Å². The molecule has 1 heterocycles. The van der Waals surface area contributed by atoms with E-state index in [0.717, 1.165) is 43.8 Å². The molecule has 1 aliphatic heterocycles. The molecule has 4 aliphatic rings. The van der Waals surface area contributed by atoms with E-state index in [4.69, 9.17) is 14.2 Å². The lowest BCUT2D eigenvalue weighted by Gasteiger charge is -2.31. The zero-order chi connectivity index (χ0) is 19.8. The largest absolute Gasteiger partial charge is 0.456 e. The second kappa shape index (κ2) is 7.54. The monoisotopic (exact) mass is 399 g/mol. The van der Waals surface area contributed by atoms with Crippen LogP contribution in [0.25, 0.3) is 0 Å². The van der Waals surface area contributed by atoms with Crippen LogP contribution in [0, 0.1) is 17.8 Å². The fraction of sp³-hybridized carbons (Fsp3) is 0.652. The Morgan fingerprint density at radius 1 is 1.07 bits per heavy atom. The third kappa shape index (κ3) is 3.94. The quantitative estimate of drug-likeness (QED) is 0.742. The van der Waals surface area contributed by atoms with Gasteiger partial charge in [0.05, 0.1) is 0 Å². The first-order valence-corrected chi connectivity index (χ1v) is 11.1. The summed E-state index contributed by atoms with van der Waals surface area (Å²) in [4.78, 5) is 24.3. The fourth-order valence-corrected chi connectivity index (χ4v) is 5.71. The van der Waals surface area contributed by atoms with Gasteiger partial charge in [0.1, 0.15) is 0 Å². The molecule has 0 aromatic heterocycles. The number of carbonyl (C=O) groups excluding carboxylic acids is 2. The second-order valence-electron chi connectivity index (χ2n) is 9.18. The number of rotatable bonds is 5. The number of esters is 1. The van der Waals surface area contributed by atoms with Crippen molar-refractivity contribution in [3.63, 3.8) is 0 Å². The van der Waals surface area contributed by atoms with Crippen LogP contribution in [0.1, 0.15) is 64.2 Å². The Morgan fingerprint density at radius 2 is 1.90 bits per heavy atom. The lowest BCUT2D eigenvalue weighted by Crippen LogP contribution is -2.40. The Kier molecular flexibility index (Phi) is 4.88. The minimum absolute atomic E-state index is 0.252. The summed E-state index contributed by atoms with van der Waals surface area (Å²) in [5.74, 6) is 2.20. The smallest absolute Gasteiger partial charge is 0.306 e. The van der Waals surface area contributed by atoms with Crippen LogP contribution in [0.4, 0.5) is 5.69 Å². The van der Waals surface area contributed by atoms with Crippen molar-refractivity contribution in [2.45, 2.75) is 70.0 Å². The molecule has 1 amide bonds. The number of amides is 1. The Bertz CT molecular complexity index is 800. The first kappa shape index (κ1) is 18.8. The second-order valence-corrected chi connectivity index (χ2v) is 9.18. The van der Waals surface area contributed by atoms with Crippen LogP contribution in [-0.2, 0) is 14.3 Å². The Labute approximate surface area is 171 Å². The van der Waals surface area contributed by atoms with Gasteiger partial charge in [-0.25, -0.2) is 0 Å². The molecule has 29 heavy (non-hydrogen) atoms. The number of hydrogen-bond donors (Lipinski definition) is 1. The van der Waals surface area contributed by atoms with Crippen molar-refractivity contribution < 1.29 is 23.8 Å². The summed E-state index contributed by atoms with van der Waals surface area (Å²) in [6, 6.07) is 5.40. The molecular formula is C23H29NO5. The summed E-state index contributed by atoms with van der Waals surface area (Å²) in [5, 5.41) is 2.79. The SMILES string of the molecule is O=C(COC(=O)C[C@H]1C[C@H]2CC[C@@H]1C2)Nc1ccc2c(c1)OC1(CCCCC1)O2. The summed E-state index contributed by atoms with van der Waals surface area (Å²) in [6.07, 6.45) is 10.6. The van der Waals surface area contributed by atoms with Crippen LogP contribution in [-0.4, -0.2) is 24.3 Å². The highest BCUT2D eigenvalue weighted by molar-refractivity contribution is 5.93. The van der Waals surface area contributed by atoms with E-state index >= 15 is 0 Å². The molecule has 3 atom stereocenters. The third-order valence-electron chi connectivity index (χ3n) is 7.11.